The number of piperidine rings is 1. The zero-order chi connectivity index (χ0) is 21.8. The molecule has 0 bridgehead atoms. The van der Waals surface area contributed by atoms with Gasteiger partial charge in [0.25, 0.3) is 0 Å². The molecule has 8 heteroatoms. The van der Waals surface area contributed by atoms with E-state index in [2.05, 4.69) is 27.1 Å². The van der Waals surface area contributed by atoms with Crippen molar-refractivity contribution in [1.82, 2.24) is 14.7 Å². The standard InChI is InChI=1S/C23H31N7O/c24-20(19-6-2-3-7-22(19)31)14-21(23(25)26)30-16-18(15-27-30)29-12-8-17(9-13-29)28-10-4-1-5-11-28/h1-4,6-7,14-17,31H,5,8-13,24-26H2/b20-14-. The third-order valence-electron chi connectivity index (χ3n) is 6.05. The van der Waals surface area contributed by atoms with E-state index in [0.717, 1.165) is 51.1 Å². The quantitative estimate of drug-likeness (QED) is 0.429. The number of hydrogen-bond donors (Lipinski definition) is 4. The van der Waals surface area contributed by atoms with Crippen LogP contribution in [0.3, 0.4) is 0 Å². The zero-order valence-electron chi connectivity index (χ0n) is 17.7. The number of phenols is 1. The average molecular weight is 422 g/mol. The number of allylic oxidation sites excluding steroid dienone is 2. The second-order valence-corrected chi connectivity index (χ2v) is 8.07. The highest BCUT2D eigenvalue weighted by Gasteiger charge is 2.25. The Labute approximate surface area is 182 Å². The molecule has 0 aliphatic carbocycles. The van der Waals surface area contributed by atoms with E-state index in [1.165, 1.54) is 0 Å². The van der Waals surface area contributed by atoms with Gasteiger partial charge in [-0.25, -0.2) is 4.68 Å². The van der Waals surface area contributed by atoms with Crippen molar-refractivity contribution < 1.29 is 5.11 Å². The van der Waals surface area contributed by atoms with E-state index in [9.17, 15) is 5.11 Å². The SMILES string of the molecule is NC(N)=C(/C=C(\N)c1ccccc1O)n1cc(N2CCC(N3CC=CCC3)CC2)cn1. The lowest BCUT2D eigenvalue weighted by Gasteiger charge is -2.39. The first kappa shape index (κ1) is 20.9. The highest BCUT2D eigenvalue weighted by molar-refractivity contribution is 5.77. The van der Waals surface area contributed by atoms with Crippen LogP contribution < -0.4 is 22.1 Å². The first-order valence-electron chi connectivity index (χ1n) is 10.7. The summed E-state index contributed by atoms with van der Waals surface area (Å²) in [5.74, 6) is 0.198. The molecule has 1 fully saturated rings. The summed E-state index contributed by atoms with van der Waals surface area (Å²) in [5.41, 5.74) is 20.4. The number of aromatic hydroxyl groups is 1. The molecule has 0 amide bonds. The van der Waals surface area contributed by atoms with E-state index >= 15 is 0 Å². The minimum atomic E-state index is 0.0967. The first-order chi connectivity index (χ1) is 15.0. The predicted molar refractivity (Wildman–Crippen MR) is 125 cm³/mol. The Morgan fingerprint density at radius 1 is 1.06 bits per heavy atom. The number of para-hydroxylation sites is 1. The lowest BCUT2D eigenvalue weighted by molar-refractivity contribution is 0.184. The van der Waals surface area contributed by atoms with Crippen molar-refractivity contribution >= 4 is 17.1 Å². The summed E-state index contributed by atoms with van der Waals surface area (Å²) in [6, 6.07) is 7.52. The summed E-state index contributed by atoms with van der Waals surface area (Å²) < 4.78 is 1.64. The minimum absolute atomic E-state index is 0.0967. The number of rotatable bonds is 5. The molecule has 3 heterocycles. The van der Waals surface area contributed by atoms with Gasteiger partial charge in [0, 0.05) is 43.5 Å². The maximum Gasteiger partial charge on any atom is 0.124 e. The Kier molecular flexibility index (Phi) is 6.18. The van der Waals surface area contributed by atoms with Crippen molar-refractivity contribution in [1.29, 1.82) is 0 Å². The zero-order valence-corrected chi connectivity index (χ0v) is 17.7. The summed E-state index contributed by atoms with van der Waals surface area (Å²) in [6.07, 6.45) is 13.4. The number of phenolic OH excluding ortho intramolecular Hbond substituents is 1. The molecule has 7 N–H and O–H groups in total. The van der Waals surface area contributed by atoms with Crippen LogP contribution >= 0.6 is 0 Å². The molecule has 164 valence electrons. The molecule has 4 rings (SSSR count). The van der Waals surface area contributed by atoms with E-state index in [0.29, 0.717) is 23.0 Å². The highest BCUT2D eigenvalue weighted by atomic mass is 16.3. The van der Waals surface area contributed by atoms with Gasteiger partial charge in [0.15, 0.2) is 0 Å². The van der Waals surface area contributed by atoms with Crippen LogP contribution in [-0.2, 0) is 0 Å². The molecule has 2 aromatic rings. The molecule has 2 aliphatic heterocycles. The molecule has 2 aliphatic rings. The predicted octanol–water partition coefficient (Wildman–Crippen LogP) is 1.86. The van der Waals surface area contributed by atoms with Gasteiger partial charge >= 0.3 is 0 Å². The summed E-state index contributed by atoms with van der Waals surface area (Å²) in [6.45, 7) is 4.21. The molecule has 0 radical (unpaired) electrons. The monoisotopic (exact) mass is 421 g/mol. The van der Waals surface area contributed by atoms with Gasteiger partial charge in [0.2, 0.25) is 0 Å². The molecule has 1 aromatic carbocycles. The van der Waals surface area contributed by atoms with E-state index in [1.807, 2.05) is 12.4 Å². The van der Waals surface area contributed by atoms with Crippen molar-refractivity contribution in [2.45, 2.75) is 25.3 Å². The lowest BCUT2D eigenvalue weighted by Crippen LogP contribution is -2.46. The molecule has 1 saturated heterocycles. The van der Waals surface area contributed by atoms with E-state index < -0.39 is 0 Å². The fourth-order valence-electron chi connectivity index (χ4n) is 4.31. The van der Waals surface area contributed by atoms with Crippen LogP contribution in [0.1, 0.15) is 24.8 Å². The fourth-order valence-corrected chi connectivity index (χ4v) is 4.31. The highest BCUT2D eigenvalue weighted by Crippen LogP contribution is 2.26. The second-order valence-electron chi connectivity index (χ2n) is 8.07. The average Bonchev–Trinajstić information content (AvgIpc) is 3.28. The summed E-state index contributed by atoms with van der Waals surface area (Å²) in [5, 5.41) is 14.5. The Morgan fingerprint density at radius 3 is 2.52 bits per heavy atom. The van der Waals surface area contributed by atoms with Crippen LogP contribution in [-0.4, -0.2) is 52.0 Å². The van der Waals surface area contributed by atoms with Crippen molar-refractivity contribution in [3.8, 4) is 5.75 Å². The van der Waals surface area contributed by atoms with Crippen molar-refractivity contribution in [2.75, 3.05) is 31.1 Å². The van der Waals surface area contributed by atoms with Gasteiger partial charge in [-0.15, -0.1) is 0 Å². The van der Waals surface area contributed by atoms with Crippen LogP contribution in [0.25, 0.3) is 11.4 Å². The van der Waals surface area contributed by atoms with E-state index in [-0.39, 0.29) is 11.6 Å². The third-order valence-corrected chi connectivity index (χ3v) is 6.05. The van der Waals surface area contributed by atoms with Crippen LogP contribution in [0, 0.1) is 0 Å². The van der Waals surface area contributed by atoms with Gasteiger partial charge < -0.3 is 27.2 Å². The van der Waals surface area contributed by atoms with E-state index in [4.69, 9.17) is 17.2 Å². The number of anilines is 1. The minimum Gasteiger partial charge on any atom is -0.507 e. The maximum atomic E-state index is 10.1. The van der Waals surface area contributed by atoms with Crippen LogP contribution in [0.5, 0.6) is 5.75 Å². The lowest BCUT2D eigenvalue weighted by atomic mass is 10.0. The third kappa shape index (κ3) is 4.69. The van der Waals surface area contributed by atoms with E-state index in [1.54, 1.807) is 35.0 Å². The summed E-state index contributed by atoms with van der Waals surface area (Å²) in [4.78, 5) is 4.93. The second kappa shape index (κ2) is 9.18. The topological polar surface area (TPSA) is 123 Å². The van der Waals surface area contributed by atoms with Crippen LogP contribution in [0.2, 0.25) is 0 Å². The number of nitrogens with zero attached hydrogens (tertiary/aromatic N) is 4. The Hall–Kier alpha value is -3.39. The van der Waals surface area contributed by atoms with Crippen LogP contribution in [0.15, 0.2) is 60.7 Å². The van der Waals surface area contributed by atoms with Crippen molar-refractivity contribution in [3.05, 3.63) is 66.3 Å². The van der Waals surface area contributed by atoms with Gasteiger partial charge in [-0.1, -0.05) is 24.3 Å². The number of benzene rings is 1. The van der Waals surface area contributed by atoms with Crippen molar-refractivity contribution in [2.24, 2.45) is 17.2 Å². The number of hydrogen-bond acceptors (Lipinski definition) is 7. The Bertz CT molecular complexity index is 995. The number of aromatic nitrogens is 2. The molecule has 31 heavy (non-hydrogen) atoms. The molecule has 0 spiro atoms. The first-order valence-corrected chi connectivity index (χ1v) is 10.7. The molecule has 0 saturated carbocycles. The molecule has 0 atom stereocenters. The smallest absolute Gasteiger partial charge is 0.124 e. The molecular weight excluding hydrogens is 390 g/mol. The van der Waals surface area contributed by atoms with Gasteiger partial charge in [-0.3, -0.25) is 4.90 Å². The van der Waals surface area contributed by atoms with Gasteiger partial charge in [-0.2, -0.15) is 5.10 Å². The van der Waals surface area contributed by atoms with Gasteiger partial charge in [-0.05, 0) is 37.5 Å². The largest absolute Gasteiger partial charge is 0.507 e. The molecule has 8 nitrogen and oxygen atoms in total. The van der Waals surface area contributed by atoms with Gasteiger partial charge in [0.1, 0.15) is 17.3 Å². The Morgan fingerprint density at radius 2 is 1.84 bits per heavy atom. The van der Waals surface area contributed by atoms with Gasteiger partial charge in [0.05, 0.1) is 18.1 Å². The maximum absolute atomic E-state index is 10.1. The summed E-state index contributed by atoms with van der Waals surface area (Å²) in [7, 11) is 0. The molecule has 0 unspecified atom stereocenters. The fraction of sp³-hybridized carbons (Fsp3) is 0.348. The summed E-state index contributed by atoms with van der Waals surface area (Å²) >= 11 is 0. The molecular formula is C23H31N7O. The normalized spacial score (nSPS) is 18.3. The molecule has 1 aromatic heterocycles. The number of nitrogens with two attached hydrogens (primary N) is 3. The Balaban J connectivity index is 1.47. The van der Waals surface area contributed by atoms with Crippen LogP contribution in [0.4, 0.5) is 5.69 Å². The van der Waals surface area contributed by atoms with Crippen molar-refractivity contribution in [3.63, 3.8) is 0 Å².